The van der Waals surface area contributed by atoms with Crippen molar-refractivity contribution in [2.75, 3.05) is 19.8 Å². The summed E-state index contributed by atoms with van der Waals surface area (Å²) < 4.78 is 13.3. The fraction of sp³-hybridized carbons (Fsp3) is 0.257. The minimum Gasteiger partial charge on any atom is -0.494 e. The molecule has 0 unspecified atom stereocenters. The molecule has 4 aromatic rings. The first kappa shape index (κ1) is 35.0. The number of aliphatic hydroxyl groups is 1. The third-order valence-corrected chi connectivity index (χ3v) is 8.47. The summed E-state index contributed by atoms with van der Waals surface area (Å²) in [6.07, 6.45) is 0.187. The van der Waals surface area contributed by atoms with Crippen LogP contribution in [0.5, 0.6) is 5.75 Å². The van der Waals surface area contributed by atoms with Crippen LogP contribution < -0.4 is 15.6 Å². The smallest absolute Gasteiger partial charge is 0.266 e. The van der Waals surface area contributed by atoms with E-state index in [4.69, 9.17) is 25.1 Å². The Labute approximate surface area is 291 Å². The molecule has 13 nitrogen and oxygen atoms in total. The van der Waals surface area contributed by atoms with Gasteiger partial charge in [0.2, 0.25) is 5.90 Å². The number of halogens is 1. The van der Waals surface area contributed by atoms with Crippen LogP contribution in [-0.2, 0) is 28.9 Å². The lowest BCUT2D eigenvalue weighted by Gasteiger charge is -2.32. The van der Waals surface area contributed by atoms with E-state index in [1.165, 1.54) is 0 Å². The van der Waals surface area contributed by atoms with Gasteiger partial charge in [0, 0.05) is 57.1 Å². The quantitative estimate of drug-likeness (QED) is 0.0358. The molecule has 1 heterocycles. The van der Waals surface area contributed by atoms with E-state index in [9.17, 15) is 10.3 Å². The first-order chi connectivity index (χ1) is 24.0. The fourth-order valence-electron chi connectivity index (χ4n) is 5.50. The molecule has 1 amide bonds. The van der Waals surface area contributed by atoms with Crippen molar-refractivity contribution in [1.82, 2.24) is 10.9 Å². The largest absolute Gasteiger partial charge is 0.494 e. The molecule has 0 bridgehead atoms. The number of nitrogens with one attached hydrogen (secondary N) is 2. The van der Waals surface area contributed by atoms with Crippen molar-refractivity contribution in [2.45, 2.75) is 37.5 Å². The Hall–Kier alpha value is -5.36. The molecule has 0 radical (unpaired) electrons. The van der Waals surface area contributed by atoms with Crippen LogP contribution in [0.4, 0.5) is 5.69 Å². The number of hydrazine groups is 1. The summed E-state index contributed by atoms with van der Waals surface area (Å²) >= 11 is 3.45. The van der Waals surface area contributed by atoms with Crippen LogP contribution in [0.15, 0.2) is 117 Å². The molecular weight excluding hydrogens is 690 g/mol. The molecule has 4 aromatic carbocycles. The summed E-state index contributed by atoms with van der Waals surface area (Å²) in [5.41, 5.74) is 26.7. The van der Waals surface area contributed by atoms with Crippen LogP contribution in [0.1, 0.15) is 40.3 Å². The molecule has 0 spiro atoms. The van der Waals surface area contributed by atoms with Gasteiger partial charge in [0.05, 0.1) is 13.2 Å². The molecule has 49 heavy (non-hydrogen) atoms. The van der Waals surface area contributed by atoms with Gasteiger partial charge in [-0.25, -0.2) is 10.4 Å². The Kier molecular flexibility index (Phi) is 12.2. The standard InChI is InChI=1S/C35H34BrN9O4/c36-28-14-10-24(11-15-28)18-19-39-43-34(47)35(22-26-6-1-2-7-27(26)23-40-44-37)32(30-8-3-4-9-31(30)42-45-38)49-33(41-35)25-12-16-29(17-13-25)48-21-5-20-46/h1-4,6-17,32,39,46H,5,18-23H2,(H,43,47)/t32-,35-/m0/s1. The maximum absolute atomic E-state index is 14.6. The Morgan fingerprint density at radius 2 is 1.71 bits per heavy atom. The number of ether oxygens (including phenoxy) is 2. The Balaban J connectivity index is 1.56. The zero-order valence-electron chi connectivity index (χ0n) is 26.4. The number of hydrogen-bond acceptors (Lipinski definition) is 8. The van der Waals surface area contributed by atoms with E-state index < -0.39 is 17.6 Å². The molecule has 0 fully saturated rings. The van der Waals surface area contributed by atoms with Gasteiger partial charge >= 0.3 is 0 Å². The highest BCUT2D eigenvalue weighted by Gasteiger charge is 2.54. The number of carbonyl (C=O) groups excluding carboxylic acids is 1. The lowest BCUT2D eigenvalue weighted by molar-refractivity contribution is -0.130. The minimum absolute atomic E-state index is 0.0245. The number of rotatable bonds is 16. The van der Waals surface area contributed by atoms with E-state index in [0.717, 1.165) is 21.2 Å². The number of aliphatic imine (C=N–C) groups is 1. The third-order valence-electron chi connectivity index (χ3n) is 7.94. The van der Waals surface area contributed by atoms with Crippen molar-refractivity contribution >= 4 is 33.4 Å². The van der Waals surface area contributed by atoms with Gasteiger partial charge in [-0.3, -0.25) is 10.2 Å². The molecule has 250 valence electrons. The van der Waals surface area contributed by atoms with Gasteiger partial charge in [0.1, 0.15) is 5.75 Å². The molecule has 2 atom stereocenters. The predicted octanol–water partition coefficient (Wildman–Crippen LogP) is 7.33. The Bertz CT molecular complexity index is 1870. The van der Waals surface area contributed by atoms with E-state index in [1.807, 2.05) is 48.5 Å². The molecule has 1 aliphatic heterocycles. The van der Waals surface area contributed by atoms with Crippen LogP contribution in [0.25, 0.3) is 20.9 Å². The van der Waals surface area contributed by atoms with Gasteiger partial charge in [-0.1, -0.05) is 86.8 Å². The van der Waals surface area contributed by atoms with Crippen LogP contribution in [-0.4, -0.2) is 42.2 Å². The molecule has 0 saturated carbocycles. The van der Waals surface area contributed by atoms with Crippen LogP contribution in [0.3, 0.4) is 0 Å². The highest BCUT2D eigenvalue weighted by Crippen LogP contribution is 2.45. The van der Waals surface area contributed by atoms with Gasteiger partial charge in [-0.2, -0.15) is 0 Å². The van der Waals surface area contributed by atoms with E-state index in [1.54, 1.807) is 48.5 Å². The predicted molar refractivity (Wildman–Crippen MR) is 189 cm³/mol. The molecule has 0 aliphatic carbocycles. The van der Waals surface area contributed by atoms with E-state index >= 15 is 0 Å². The summed E-state index contributed by atoms with van der Waals surface area (Å²) in [4.78, 5) is 25.6. The summed E-state index contributed by atoms with van der Waals surface area (Å²) in [5.74, 6) is 0.341. The zero-order valence-corrected chi connectivity index (χ0v) is 28.0. The normalized spacial score (nSPS) is 16.4. The SMILES string of the molecule is [N-]=[N+]=NCc1ccccc1C[C@]1(C(=O)NNCCc2ccc(Br)cc2)N=C(c2ccc(OCCCO)cc2)O[C@H]1c1ccccc1N=[N+]=[N-]. The summed E-state index contributed by atoms with van der Waals surface area (Å²) in [6.45, 7) is 0.895. The molecule has 0 aromatic heterocycles. The fourth-order valence-corrected chi connectivity index (χ4v) is 5.76. The number of hydrogen-bond donors (Lipinski definition) is 3. The first-order valence-electron chi connectivity index (χ1n) is 15.6. The van der Waals surface area contributed by atoms with Crippen molar-refractivity contribution in [3.63, 3.8) is 0 Å². The number of aliphatic hydroxyl groups excluding tert-OH is 1. The highest BCUT2D eigenvalue weighted by atomic mass is 79.9. The van der Waals surface area contributed by atoms with Gasteiger partial charge in [0.15, 0.2) is 11.6 Å². The maximum Gasteiger partial charge on any atom is 0.266 e. The zero-order chi connectivity index (χ0) is 34.5. The summed E-state index contributed by atoms with van der Waals surface area (Å²) in [6, 6.07) is 29.3. The lowest BCUT2D eigenvalue weighted by atomic mass is 9.80. The van der Waals surface area contributed by atoms with Gasteiger partial charge in [-0.05, 0) is 70.6 Å². The van der Waals surface area contributed by atoms with Gasteiger partial charge in [0.25, 0.3) is 5.91 Å². The van der Waals surface area contributed by atoms with Crippen molar-refractivity contribution < 1.29 is 19.4 Å². The molecular formula is C35H34BrN9O4. The third kappa shape index (κ3) is 8.76. The van der Waals surface area contributed by atoms with Crippen LogP contribution in [0.2, 0.25) is 0 Å². The number of nitrogens with zero attached hydrogens (tertiary/aromatic N) is 7. The van der Waals surface area contributed by atoms with Crippen molar-refractivity contribution in [2.24, 2.45) is 15.2 Å². The molecule has 5 rings (SSSR count). The monoisotopic (exact) mass is 723 g/mol. The second-order valence-corrected chi connectivity index (χ2v) is 12.0. The minimum atomic E-state index is -1.61. The van der Waals surface area contributed by atoms with Crippen molar-refractivity contribution in [3.05, 3.63) is 150 Å². The van der Waals surface area contributed by atoms with E-state index in [0.29, 0.717) is 48.6 Å². The van der Waals surface area contributed by atoms with Crippen LogP contribution in [0, 0.1) is 0 Å². The Morgan fingerprint density at radius 1 is 0.980 bits per heavy atom. The number of carbonyl (C=O) groups is 1. The van der Waals surface area contributed by atoms with Crippen molar-refractivity contribution in [3.8, 4) is 5.75 Å². The molecule has 14 heteroatoms. The molecule has 3 N–H and O–H groups in total. The second kappa shape index (κ2) is 17.2. The second-order valence-electron chi connectivity index (χ2n) is 11.1. The molecule has 0 saturated heterocycles. The summed E-state index contributed by atoms with van der Waals surface area (Å²) in [5, 5.41) is 16.8. The average Bonchev–Trinajstić information content (AvgIpc) is 3.51. The van der Waals surface area contributed by atoms with E-state index in [2.05, 4.69) is 46.8 Å². The average molecular weight is 725 g/mol. The molecule has 1 aliphatic rings. The van der Waals surface area contributed by atoms with Gasteiger partial charge < -0.3 is 14.6 Å². The summed E-state index contributed by atoms with van der Waals surface area (Å²) in [7, 11) is 0. The van der Waals surface area contributed by atoms with Crippen LogP contribution >= 0.6 is 15.9 Å². The van der Waals surface area contributed by atoms with Crippen molar-refractivity contribution in [1.29, 1.82) is 0 Å². The lowest BCUT2D eigenvalue weighted by Crippen LogP contribution is -2.54. The first-order valence-corrected chi connectivity index (χ1v) is 16.4. The topological polar surface area (TPSA) is 190 Å². The Morgan fingerprint density at radius 3 is 2.45 bits per heavy atom. The number of amides is 1. The number of azide groups is 2. The number of benzene rings is 4. The highest BCUT2D eigenvalue weighted by molar-refractivity contribution is 9.10. The maximum atomic E-state index is 14.6. The van der Waals surface area contributed by atoms with Gasteiger partial charge in [-0.15, -0.1) is 0 Å². The van der Waals surface area contributed by atoms with E-state index in [-0.39, 0.29) is 25.5 Å².